The van der Waals surface area contributed by atoms with E-state index in [0.717, 1.165) is 31.4 Å². The molecule has 1 nitrogen and oxygen atoms in total. The Bertz CT molecular complexity index is 353. The Morgan fingerprint density at radius 1 is 1.18 bits per heavy atom. The van der Waals surface area contributed by atoms with Crippen molar-refractivity contribution in [2.75, 3.05) is 0 Å². The second kappa shape index (κ2) is 6.50. The molecule has 0 bridgehead atoms. The molecule has 0 fully saturated rings. The number of nitrogens with one attached hydrogen (secondary N) is 1. The number of rotatable bonds is 6. The Morgan fingerprint density at radius 3 is 2.24 bits per heavy atom. The predicted molar refractivity (Wildman–Crippen MR) is 74.5 cm³/mol. The molecule has 0 aromatic heterocycles. The van der Waals surface area contributed by atoms with Crippen LogP contribution in [0.1, 0.15) is 45.6 Å². The van der Waals surface area contributed by atoms with Gasteiger partial charge in [-0.15, -0.1) is 0 Å². The third-order valence-electron chi connectivity index (χ3n) is 3.68. The fourth-order valence-corrected chi connectivity index (χ4v) is 2.49. The Kier molecular flexibility index (Phi) is 5.60. The van der Waals surface area contributed by atoms with Crippen LogP contribution in [0, 0.1) is 5.82 Å². The van der Waals surface area contributed by atoms with E-state index in [-0.39, 0.29) is 11.4 Å². The Morgan fingerprint density at radius 2 is 1.76 bits per heavy atom. The molecule has 1 rings (SSSR count). The van der Waals surface area contributed by atoms with Crippen molar-refractivity contribution in [2.45, 2.75) is 52.1 Å². The van der Waals surface area contributed by atoms with Crippen LogP contribution < -0.4 is 5.32 Å². The van der Waals surface area contributed by atoms with Crippen LogP contribution in [0.4, 0.5) is 4.39 Å². The summed E-state index contributed by atoms with van der Waals surface area (Å²) in [6, 6.07) is 5.18. The van der Waals surface area contributed by atoms with E-state index >= 15 is 0 Å². The molecule has 17 heavy (non-hydrogen) atoms. The van der Waals surface area contributed by atoms with Crippen molar-refractivity contribution in [3.63, 3.8) is 0 Å². The van der Waals surface area contributed by atoms with Gasteiger partial charge in [-0.25, -0.2) is 4.39 Å². The first-order valence-electron chi connectivity index (χ1n) is 6.26. The monoisotopic (exact) mass is 301 g/mol. The molecule has 0 aliphatic carbocycles. The minimum atomic E-state index is -0.207. The topological polar surface area (TPSA) is 12.0 Å². The first-order chi connectivity index (χ1) is 8.06. The van der Waals surface area contributed by atoms with E-state index in [1.165, 1.54) is 6.07 Å². The van der Waals surface area contributed by atoms with Gasteiger partial charge in [-0.1, -0.05) is 26.8 Å². The van der Waals surface area contributed by atoms with Crippen LogP contribution in [-0.4, -0.2) is 5.54 Å². The predicted octanol–water partition coefficient (Wildman–Crippen LogP) is 4.65. The van der Waals surface area contributed by atoms with Gasteiger partial charge >= 0.3 is 0 Å². The van der Waals surface area contributed by atoms with Crippen LogP contribution in [0.5, 0.6) is 0 Å². The molecule has 0 radical (unpaired) electrons. The van der Waals surface area contributed by atoms with E-state index in [4.69, 9.17) is 0 Å². The molecule has 0 saturated carbocycles. The average Bonchev–Trinajstić information content (AvgIpc) is 2.36. The molecule has 0 atom stereocenters. The Hall–Kier alpha value is -0.410. The summed E-state index contributed by atoms with van der Waals surface area (Å²) in [6.07, 6.45) is 3.34. The molecule has 1 aromatic rings. The van der Waals surface area contributed by atoms with Crippen molar-refractivity contribution in [3.8, 4) is 0 Å². The van der Waals surface area contributed by atoms with Gasteiger partial charge in [0.05, 0.1) is 4.47 Å². The minimum absolute atomic E-state index is 0.207. The maximum absolute atomic E-state index is 13.1. The van der Waals surface area contributed by atoms with Gasteiger partial charge in [0.15, 0.2) is 0 Å². The molecule has 3 heteroatoms. The van der Waals surface area contributed by atoms with E-state index in [9.17, 15) is 4.39 Å². The van der Waals surface area contributed by atoms with E-state index in [1.54, 1.807) is 0 Å². The van der Waals surface area contributed by atoms with Gasteiger partial charge in [-0.2, -0.15) is 0 Å². The van der Waals surface area contributed by atoms with Crippen molar-refractivity contribution >= 4 is 15.9 Å². The van der Waals surface area contributed by atoms with Crippen LogP contribution >= 0.6 is 15.9 Å². The molecule has 1 N–H and O–H groups in total. The maximum Gasteiger partial charge on any atom is 0.137 e. The summed E-state index contributed by atoms with van der Waals surface area (Å²) >= 11 is 3.21. The fraction of sp³-hybridized carbons (Fsp3) is 0.571. The zero-order valence-corrected chi connectivity index (χ0v) is 12.4. The van der Waals surface area contributed by atoms with Gasteiger partial charge in [0.25, 0.3) is 0 Å². The van der Waals surface area contributed by atoms with Gasteiger partial charge < -0.3 is 5.32 Å². The summed E-state index contributed by atoms with van der Waals surface area (Å²) < 4.78 is 13.6. The van der Waals surface area contributed by atoms with Gasteiger partial charge in [-0.05, 0) is 52.9 Å². The lowest BCUT2D eigenvalue weighted by atomic mass is 9.89. The van der Waals surface area contributed by atoms with E-state index in [2.05, 4.69) is 42.0 Å². The number of hydrogen-bond acceptors (Lipinski definition) is 1. The number of halogens is 2. The average molecular weight is 302 g/mol. The Labute approximate surface area is 112 Å². The smallest absolute Gasteiger partial charge is 0.137 e. The molecule has 0 spiro atoms. The zero-order chi connectivity index (χ0) is 12.9. The standard InChI is InChI=1S/C14H21BrFN/c1-4-14(5-2,6-3)17-10-11-7-8-13(16)12(15)9-11/h7-9,17H,4-6,10H2,1-3H3. The SMILES string of the molecule is CCC(CC)(CC)NCc1ccc(F)c(Br)c1. The highest BCUT2D eigenvalue weighted by Crippen LogP contribution is 2.21. The lowest BCUT2D eigenvalue weighted by molar-refractivity contribution is 0.288. The first kappa shape index (κ1) is 14.7. The van der Waals surface area contributed by atoms with Gasteiger partial charge in [0.1, 0.15) is 5.82 Å². The van der Waals surface area contributed by atoms with Crippen LogP contribution in [0.25, 0.3) is 0 Å². The number of hydrogen-bond donors (Lipinski definition) is 1. The molecule has 0 unspecified atom stereocenters. The van der Waals surface area contributed by atoms with E-state index in [1.807, 2.05) is 12.1 Å². The van der Waals surface area contributed by atoms with Crippen molar-refractivity contribution in [3.05, 3.63) is 34.1 Å². The minimum Gasteiger partial charge on any atom is -0.307 e. The second-order valence-electron chi connectivity index (χ2n) is 4.44. The molecule has 0 aliphatic rings. The third kappa shape index (κ3) is 3.78. The lowest BCUT2D eigenvalue weighted by Gasteiger charge is -2.32. The highest BCUT2D eigenvalue weighted by molar-refractivity contribution is 9.10. The normalized spacial score (nSPS) is 11.8. The van der Waals surface area contributed by atoms with Crippen molar-refractivity contribution in [1.82, 2.24) is 5.32 Å². The van der Waals surface area contributed by atoms with Crippen molar-refractivity contribution in [2.24, 2.45) is 0 Å². The zero-order valence-electron chi connectivity index (χ0n) is 10.8. The lowest BCUT2D eigenvalue weighted by Crippen LogP contribution is -2.43. The van der Waals surface area contributed by atoms with Gasteiger partial charge in [-0.3, -0.25) is 0 Å². The van der Waals surface area contributed by atoms with Gasteiger partial charge in [0, 0.05) is 12.1 Å². The maximum atomic E-state index is 13.1. The fourth-order valence-electron chi connectivity index (χ4n) is 2.06. The highest BCUT2D eigenvalue weighted by atomic mass is 79.9. The van der Waals surface area contributed by atoms with Gasteiger partial charge in [0.2, 0.25) is 0 Å². The van der Waals surface area contributed by atoms with E-state index in [0.29, 0.717) is 4.47 Å². The number of benzene rings is 1. The summed E-state index contributed by atoms with van der Waals surface area (Å²) in [6.45, 7) is 7.41. The van der Waals surface area contributed by atoms with E-state index < -0.39 is 0 Å². The third-order valence-corrected chi connectivity index (χ3v) is 4.29. The summed E-state index contributed by atoms with van der Waals surface area (Å²) in [7, 11) is 0. The molecule has 0 heterocycles. The molecular weight excluding hydrogens is 281 g/mol. The van der Waals surface area contributed by atoms with Crippen LogP contribution in [0.2, 0.25) is 0 Å². The molecule has 96 valence electrons. The molecule has 1 aromatic carbocycles. The summed E-state index contributed by atoms with van der Waals surface area (Å²) in [4.78, 5) is 0. The molecule has 0 amide bonds. The van der Waals surface area contributed by atoms with Crippen LogP contribution in [0.3, 0.4) is 0 Å². The first-order valence-corrected chi connectivity index (χ1v) is 7.05. The largest absolute Gasteiger partial charge is 0.307 e. The summed E-state index contributed by atoms with van der Waals surface area (Å²) in [5.74, 6) is -0.207. The van der Waals surface area contributed by atoms with Crippen molar-refractivity contribution < 1.29 is 4.39 Å². The quantitative estimate of drug-likeness (QED) is 0.806. The second-order valence-corrected chi connectivity index (χ2v) is 5.30. The molecule has 0 aliphatic heterocycles. The highest BCUT2D eigenvalue weighted by Gasteiger charge is 2.22. The van der Waals surface area contributed by atoms with Crippen LogP contribution in [0.15, 0.2) is 22.7 Å². The molecule has 0 saturated heterocycles. The van der Waals surface area contributed by atoms with Crippen molar-refractivity contribution in [1.29, 1.82) is 0 Å². The summed E-state index contributed by atoms with van der Waals surface area (Å²) in [5, 5.41) is 3.60. The molecular formula is C14H21BrFN. The van der Waals surface area contributed by atoms with Crippen LogP contribution in [-0.2, 0) is 6.54 Å². The Balaban J connectivity index is 2.68. The summed E-state index contributed by atoms with van der Waals surface area (Å²) in [5.41, 5.74) is 1.32.